The third kappa shape index (κ3) is 2.98. The molecule has 1 saturated carbocycles. The number of amides is 1. The van der Waals surface area contributed by atoms with Gasteiger partial charge in [-0.2, -0.15) is 5.26 Å². The van der Waals surface area contributed by atoms with Crippen molar-refractivity contribution in [3.63, 3.8) is 0 Å². The third-order valence-electron chi connectivity index (χ3n) is 4.17. The predicted octanol–water partition coefficient (Wildman–Crippen LogP) is 3.05. The second kappa shape index (κ2) is 6.04. The maximum absolute atomic E-state index is 12.9. The van der Waals surface area contributed by atoms with Crippen molar-refractivity contribution in [3.05, 3.63) is 35.6 Å². The highest BCUT2D eigenvalue weighted by molar-refractivity contribution is 5.79. The highest BCUT2D eigenvalue weighted by Gasteiger charge is 2.38. The van der Waals surface area contributed by atoms with Gasteiger partial charge < -0.3 is 4.90 Å². The van der Waals surface area contributed by atoms with Crippen molar-refractivity contribution < 1.29 is 9.18 Å². The Balaban J connectivity index is 2.07. The first kappa shape index (κ1) is 14.5. The van der Waals surface area contributed by atoms with Crippen LogP contribution in [-0.4, -0.2) is 23.4 Å². The summed E-state index contributed by atoms with van der Waals surface area (Å²) in [5.41, 5.74) is 0.113. The second-order valence-corrected chi connectivity index (χ2v) is 5.46. The molecule has 2 rings (SSSR count). The molecule has 3 nitrogen and oxygen atoms in total. The quantitative estimate of drug-likeness (QED) is 0.850. The van der Waals surface area contributed by atoms with E-state index in [0.717, 1.165) is 37.7 Å². The van der Waals surface area contributed by atoms with Gasteiger partial charge >= 0.3 is 0 Å². The number of hydrogen-bond donors (Lipinski definition) is 0. The highest BCUT2D eigenvalue weighted by atomic mass is 19.1. The number of carbonyl (C=O) groups excluding carboxylic acids is 1. The number of likely N-dealkylation sites (N-methyl/N-ethyl adjacent to an activating group) is 1. The van der Waals surface area contributed by atoms with Gasteiger partial charge in [-0.25, -0.2) is 4.39 Å². The molecule has 106 valence electrons. The fourth-order valence-corrected chi connectivity index (χ4v) is 2.79. The minimum absolute atomic E-state index is 0.0833. The van der Waals surface area contributed by atoms with Gasteiger partial charge in [-0.3, -0.25) is 4.79 Å². The standard InChI is InChI=1S/C16H19FN2O/c1-19(16(12-18)9-3-2-4-10-16)15(20)11-13-5-7-14(17)8-6-13/h5-8H,2-4,9-11H2,1H3. The zero-order valence-corrected chi connectivity index (χ0v) is 11.7. The van der Waals surface area contributed by atoms with Crippen LogP contribution in [0.5, 0.6) is 0 Å². The molecule has 0 aromatic heterocycles. The van der Waals surface area contributed by atoms with E-state index in [1.807, 2.05) is 0 Å². The summed E-state index contributed by atoms with van der Waals surface area (Å²) in [5.74, 6) is -0.393. The summed E-state index contributed by atoms with van der Waals surface area (Å²) >= 11 is 0. The van der Waals surface area contributed by atoms with Crippen molar-refractivity contribution >= 4 is 5.91 Å². The van der Waals surface area contributed by atoms with Crippen LogP contribution in [-0.2, 0) is 11.2 Å². The molecule has 20 heavy (non-hydrogen) atoms. The SMILES string of the molecule is CN(C(=O)Cc1ccc(F)cc1)C1(C#N)CCCCC1. The first-order chi connectivity index (χ1) is 9.57. The van der Waals surface area contributed by atoms with Crippen molar-refractivity contribution in [1.29, 1.82) is 5.26 Å². The Hall–Kier alpha value is -1.89. The predicted molar refractivity (Wildman–Crippen MR) is 74.3 cm³/mol. The fourth-order valence-electron chi connectivity index (χ4n) is 2.79. The Labute approximate surface area is 119 Å². The van der Waals surface area contributed by atoms with Gasteiger partial charge in [0.25, 0.3) is 0 Å². The Kier molecular flexibility index (Phi) is 4.39. The molecule has 4 heteroatoms. The largest absolute Gasteiger partial charge is 0.327 e. The van der Waals surface area contributed by atoms with Crippen LogP contribution in [0.1, 0.15) is 37.7 Å². The number of benzene rings is 1. The highest BCUT2D eigenvalue weighted by Crippen LogP contribution is 2.32. The summed E-state index contributed by atoms with van der Waals surface area (Å²) in [5, 5.41) is 9.47. The summed E-state index contributed by atoms with van der Waals surface area (Å²) in [6.45, 7) is 0. The van der Waals surface area contributed by atoms with Crippen molar-refractivity contribution in [3.8, 4) is 6.07 Å². The van der Waals surface area contributed by atoms with E-state index in [-0.39, 0.29) is 18.1 Å². The first-order valence-corrected chi connectivity index (χ1v) is 7.00. The molecule has 1 aromatic rings. The Bertz CT molecular complexity index is 512. The van der Waals surface area contributed by atoms with E-state index in [9.17, 15) is 14.4 Å². The zero-order chi connectivity index (χ0) is 14.6. The van der Waals surface area contributed by atoms with Gasteiger partial charge in [0, 0.05) is 7.05 Å². The monoisotopic (exact) mass is 274 g/mol. The first-order valence-electron chi connectivity index (χ1n) is 7.00. The molecule has 0 atom stereocenters. The van der Waals surface area contributed by atoms with Gasteiger partial charge in [-0.05, 0) is 30.5 Å². The number of nitrogens with zero attached hydrogens (tertiary/aromatic N) is 2. The van der Waals surface area contributed by atoms with Crippen LogP contribution in [0.15, 0.2) is 24.3 Å². The Morgan fingerprint density at radius 2 is 1.90 bits per heavy atom. The minimum atomic E-state index is -0.657. The van der Waals surface area contributed by atoms with Crippen LogP contribution in [0.25, 0.3) is 0 Å². The summed E-state index contributed by atoms with van der Waals surface area (Å²) in [6, 6.07) is 8.26. The lowest BCUT2D eigenvalue weighted by Crippen LogP contribution is -2.50. The third-order valence-corrected chi connectivity index (χ3v) is 4.17. The van der Waals surface area contributed by atoms with Crippen molar-refractivity contribution in [2.45, 2.75) is 44.1 Å². The van der Waals surface area contributed by atoms with E-state index >= 15 is 0 Å². The van der Waals surface area contributed by atoms with Gasteiger partial charge in [-0.15, -0.1) is 0 Å². The van der Waals surface area contributed by atoms with E-state index in [4.69, 9.17) is 0 Å². The fraction of sp³-hybridized carbons (Fsp3) is 0.500. The van der Waals surface area contributed by atoms with Crippen LogP contribution >= 0.6 is 0 Å². The van der Waals surface area contributed by atoms with Crippen LogP contribution in [0.2, 0.25) is 0 Å². The topological polar surface area (TPSA) is 44.1 Å². The molecule has 0 bridgehead atoms. The van der Waals surface area contributed by atoms with Gasteiger partial charge in [0.15, 0.2) is 0 Å². The van der Waals surface area contributed by atoms with Crippen LogP contribution < -0.4 is 0 Å². The molecule has 1 aliphatic carbocycles. The lowest BCUT2D eigenvalue weighted by Gasteiger charge is -2.39. The maximum Gasteiger partial charge on any atom is 0.228 e. The molecule has 0 heterocycles. The molecule has 1 aliphatic rings. The molecule has 0 spiro atoms. The summed E-state index contributed by atoms with van der Waals surface area (Å²) in [4.78, 5) is 13.9. The molecule has 1 amide bonds. The Morgan fingerprint density at radius 3 is 2.45 bits per heavy atom. The van der Waals surface area contributed by atoms with E-state index in [1.54, 1.807) is 24.1 Å². The summed E-state index contributed by atoms with van der Waals surface area (Å²) in [7, 11) is 1.71. The van der Waals surface area contributed by atoms with Crippen molar-refractivity contribution in [2.24, 2.45) is 0 Å². The van der Waals surface area contributed by atoms with Gasteiger partial charge in [0.2, 0.25) is 5.91 Å². The maximum atomic E-state index is 12.9. The molecular weight excluding hydrogens is 255 g/mol. The van der Waals surface area contributed by atoms with Crippen molar-refractivity contribution in [2.75, 3.05) is 7.05 Å². The minimum Gasteiger partial charge on any atom is -0.327 e. The smallest absolute Gasteiger partial charge is 0.228 e. The number of nitriles is 1. The van der Waals surface area contributed by atoms with Crippen LogP contribution in [0.3, 0.4) is 0 Å². The summed E-state index contributed by atoms with van der Waals surface area (Å²) in [6.07, 6.45) is 4.80. The average molecular weight is 274 g/mol. The van der Waals surface area contributed by atoms with Gasteiger partial charge in [0.05, 0.1) is 12.5 Å². The molecular formula is C16H19FN2O. The summed E-state index contributed by atoms with van der Waals surface area (Å²) < 4.78 is 12.9. The number of hydrogen-bond acceptors (Lipinski definition) is 2. The molecule has 0 unspecified atom stereocenters. The van der Waals surface area contributed by atoms with E-state index in [0.29, 0.717) is 0 Å². The van der Waals surface area contributed by atoms with Crippen LogP contribution in [0.4, 0.5) is 4.39 Å². The number of rotatable bonds is 3. The average Bonchev–Trinajstić information content (AvgIpc) is 2.49. The lowest BCUT2D eigenvalue weighted by atomic mass is 9.81. The van der Waals surface area contributed by atoms with Crippen molar-refractivity contribution in [1.82, 2.24) is 4.90 Å². The number of halogens is 1. The molecule has 0 saturated heterocycles. The number of carbonyl (C=O) groups is 1. The molecule has 1 aromatic carbocycles. The van der Waals surface area contributed by atoms with E-state index in [2.05, 4.69) is 6.07 Å². The molecule has 1 fully saturated rings. The molecule has 0 radical (unpaired) electrons. The normalized spacial score (nSPS) is 17.2. The van der Waals surface area contributed by atoms with Gasteiger partial charge in [-0.1, -0.05) is 31.4 Å². The van der Waals surface area contributed by atoms with E-state index in [1.165, 1.54) is 12.1 Å². The second-order valence-electron chi connectivity index (χ2n) is 5.46. The zero-order valence-electron chi connectivity index (χ0n) is 11.7. The van der Waals surface area contributed by atoms with Gasteiger partial charge in [0.1, 0.15) is 11.4 Å². The van der Waals surface area contributed by atoms with E-state index < -0.39 is 5.54 Å². The molecule has 0 N–H and O–H groups in total. The molecule has 0 aliphatic heterocycles. The lowest BCUT2D eigenvalue weighted by molar-refractivity contribution is -0.134. The Morgan fingerprint density at radius 1 is 1.30 bits per heavy atom. The van der Waals surface area contributed by atoms with Crippen LogP contribution in [0, 0.1) is 17.1 Å².